The summed E-state index contributed by atoms with van der Waals surface area (Å²) in [6.07, 6.45) is 4.96. The number of benzene rings is 1. The van der Waals surface area contributed by atoms with Gasteiger partial charge in [-0.3, -0.25) is 0 Å². The lowest BCUT2D eigenvalue weighted by atomic mass is 10.1. The third-order valence-electron chi connectivity index (χ3n) is 3.13. The highest BCUT2D eigenvalue weighted by atomic mass is 16.5. The van der Waals surface area contributed by atoms with E-state index in [4.69, 9.17) is 9.47 Å². The van der Waals surface area contributed by atoms with Crippen LogP contribution in [0.4, 0.5) is 0 Å². The lowest BCUT2D eigenvalue weighted by molar-refractivity contribution is -0.683. The summed E-state index contributed by atoms with van der Waals surface area (Å²) in [5.74, 6) is 1.80. The molecule has 0 unspecified atom stereocenters. The minimum absolute atomic E-state index is 0.678. The average molecular weight is 278 g/mol. The maximum atomic E-state index is 5.88. The number of rotatable bonds is 10. The molecule has 0 aliphatic rings. The highest BCUT2D eigenvalue weighted by Gasteiger charge is 2.05. The molecule has 1 aromatic carbocycles. The summed E-state index contributed by atoms with van der Waals surface area (Å²) in [6.45, 7) is 10.2. The van der Waals surface area contributed by atoms with Crippen LogP contribution in [-0.2, 0) is 6.42 Å². The zero-order valence-electron chi connectivity index (χ0n) is 13.0. The van der Waals surface area contributed by atoms with Crippen molar-refractivity contribution in [3.63, 3.8) is 0 Å². The molecular formula is C17H28NO2+. The smallest absolute Gasteiger partial charge is 0.123 e. The molecule has 0 saturated heterocycles. The summed E-state index contributed by atoms with van der Waals surface area (Å²) in [6, 6.07) is 6.62. The van der Waals surface area contributed by atoms with Crippen LogP contribution >= 0.6 is 0 Å². The van der Waals surface area contributed by atoms with Crippen molar-refractivity contribution in [1.82, 2.24) is 0 Å². The topological polar surface area (TPSA) is 35.1 Å². The zero-order valence-corrected chi connectivity index (χ0v) is 13.0. The van der Waals surface area contributed by atoms with Crippen molar-refractivity contribution < 1.29 is 14.8 Å². The second-order valence-corrected chi connectivity index (χ2v) is 5.29. The molecular weight excluding hydrogens is 250 g/mol. The summed E-state index contributed by atoms with van der Waals surface area (Å²) >= 11 is 0. The van der Waals surface area contributed by atoms with Gasteiger partial charge in [0.25, 0.3) is 0 Å². The number of quaternary nitrogens is 1. The van der Waals surface area contributed by atoms with Gasteiger partial charge in [0.1, 0.15) is 11.5 Å². The first kappa shape index (κ1) is 16.6. The largest absolute Gasteiger partial charge is 0.497 e. The molecule has 0 spiro atoms. The van der Waals surface area contributed by atoms with Crippen molar-refractivity contribution in [2.45, 2.75) is 39.2 Å². The summed E-state index contributed by atoms with van der Waals surface area (Å²) in [5.41, 5.74) is 1.13. The molecule has 0 heterocycles. The summed E-state index contributed by atoms with van der Waals surface area (Å²) in [4.78, 5) is 0. The van der Waals surface area contributed by atoms with E-state index in [1.807, 2.05) is 24.3 Å². The highest BCUT2D eigenvalue weighted by Crippen LogP contribution is 2.25. The Balaban J connectivity index is 2.40. The maximum Gasteiger partial charge on any atom is 0.123 e. The van der Waals surface area contributed by atoms with Crippen molar-refractivity contribution in [2.75, 3.05) is 20.3 Å². The third-order valence-corrected chi connectivity index (χ3v) is 3.13. The van der Waals surface area contributed by atoms with Crippen LogP contribution in [0.15, 0.2) is 30.9 Å². The first-order valence-corrected chi connectivity index (χ1v) is 7.41. The van der Waals surface area contributed by atoms with Crippen LogP contribution < -0.4 is 14.8 Å². The normalized spacial score (nSPS) is 10.6. The third kappa shape index (κ3) is 6.11. The molecule has 3 heteroatoms. The molecule has 0 amide bonds. The fourth-order valence-corrected chi connectivity index (χ4v) is 2.02. The van der Waals surface area contributed by atoms with E-state index in [1.165, 1.54) is 13.0 Å². The van der Waals surface area contributed by atoms with Gasteiger partial charge in [0, 0.05) is 5.56 Å². The molecule has 0 fully saturated rings. The fourth-order valence-electron chi connectivity index (χ4n) is 2.02. The van der Waals surface area contributed by atoms with Crippen LogP contribution in [0.2, 0.25) is 0 Å². The Hall–Kier alpha value is -1.48. The molecule has 3 nitrogen and oxygen atoms in total. The van der Waals surface area contributed by atoms with Gasteiger partial charge in [-0.1, -0.05) is 6.08 Å². The fraction of sp³-hybridized carbons (Fsp3) is 0.529. The zero-order chi connectivity index (χ0) is 14.8. The van der Waals surface area contributed by atoms with Gasteiger partial charge in [-0.25, -0.2) is 0 Å². The molecule has 0 bridgehead atoms. The van der Waals surface area contributed by atoms with E-state index >= 15 is 0 Å². The predicted octanol–water partition coefficient (Wildman–Crippen LogP) is 2.55. The van der Waals surface area contributed by atoms with E-state index in [9.17, 15) is 0 Å². The molecule has 1 aromatic rings. The Kier molecular flexibility index (Phi) is 7.81. The van der Waals surface area contributed by atoms with Gasteiger partial charge in [0.2, 0.25) is 0 Å². The Labute approximate surface area is 123 Å². The Morgan fingerprint density at radius 1 is 1.30 bits per heavy atom. The SMILES string of the molecule is C=CCc1cc(OC)ccc1OCCCC[NH2+]C(C)C. The van der Waals surface area contributed by atoms with Gasteiger partial charge in [0.15, 0.2) is 0 Å². The highest BCUT2D eigenvalue weighted by molar-refractivity contribution is 5.41. The molecule has 112 valence electrons. The number of ether oxygens (including phenoxy) is 2. The van der Waals surface area contributed by atoms with E-state index in [2.05, 4.69) is 25.7 Å². The maximum absolute atomic E-state index is 5.88. The summed E-state index contributed by atoms with van der Waals surface area (Å²) in [5, 5.41) is 2.36. The minimum atomic E-state index is 0.678. The minimum Gasteiger partial charge on any atom is -0.497 e. The second kappa shape index (κ2) is 9.43. The van der Waals surface area contributed by atoms with Gasteiger partial charge >= 0.3 is 0 Å². The molecule has 0 radical (unpaired) electrons. The Bertz CT molecular complexity index is 402. The van der Waals surface area contributed by atoms with E-state index in [0.717, 1.165) is 36.5 Å². The van der Waals surface area contributed by atoms with Crippen LogP contribution in [0.25, 0.3) is 0 Å². The summed E-state index contributed by atoms with van der Waals surface area (Å²) < 4.78 is 11.1. The predicted molar refractivity (Wildman–Crippen MR) is 83.6 cm³/mol. The van der Waals surface area contributed by atoms with Gasteiger partial charge in [-0.15, -0.1) is 6.58 Å². The quantitative estimate of drug-likeness (QED) is 0.527. The van der Waals surface area contributed by atoms with Gasteiger partial charge in [0.05, 0.1) is 26.3 Å². The van der Waals surface area contributed by atoms with Gasteiger partial charge < -0.3 is 14.8 Å². The molecule has 2 N–H and O–H groups in total. The number of allylic oxidation sites excluding steroid dienone is 1. The monoisotopic (exact) mass is 278 g/mol. The van der Waals surface area contributed by atoms with Gasteiger partial charge in [-0.2, -0.15) is 0 Å². The second-order valence-electron chi connectivity index (χ2n) is 5.29. The Morgan fingerprint density at radius 2 is 2.10 bits per heavy atom. The lowest BCUT2D eigenvalue weighted by Gasteiger charge is -2.12. The van der Waals surface area contributed by atoms with Crippen LogP contribution in [0, 0.1) is 0 Å². The van der Waals surface area contributed by atoms with E-state index in [-0.39, 0.29) is 0 Å². The van der Waals surface area contributed by atoms with Crippen LogP contribution in [0.1, 0.15) is 32.3 Å². The molecule has 0 atom stereocenters. The van der Waals surface area contributed by atoms with Gasteiger partial charge in [-0.05, 0) is 51.3 Å². The van der Waals surface area contributed by atoms with E-state index in [1.54, 1.807) is 7.11 Å². The van der Waals surface area contributed by atoms with E-state index in [0.29, 0.717) is 6.04 Å². The standard InChI is InChI=1S/C17H27NO2/c1-5-8-15-13-16(19-4)9-10-17(15)20-12-7-6-11-18-14(2)3/h5,9-10,13-14,18H,1,6-8,11-12H2,2-4H3/p+1. The molecule has 1 rings (SSSR count). The first-order valence-electron chi connectivity index (χ1n) is 7.41. The molecule has 0 saturated carbocycles. The molecule has 0 aliphatic heterocycles. The number of hydrogen-bond acceptors (Lipinski definition) is 2. The van der Waals surface area contributed by atoms with E-state index < -0.39 is 0 Å². The van der Waals surface area contributed by atoms with Crippen molar-refractivity contribution in [2.24, 2.45) is 0 Å². The molecule has 0 aliphatic carbocycles. The molecule has 20 heavy (non-hydrogen) atoms. The van der Waals surface area contributed by atoms with Crippen LogP contribution in [0.3, 0.4) is 0 Å². The van der Waals surface area contributed by atoms with Crippen molar-refractivity contribution >= 4 is 0 Å². The van der Waals surface area contributed by atoms with Crippen LogP contribution in [0.5, 0.6) is 11.5 Å². The Morgan fingerprint density at radius 3 is 2.75 bits per heavy atom. The molecule has 0 aromatic heterocycles. The van der Waals surface area contributed by atoms with Crippen molar-refractivity contribution in [3.8, 4) is 11.5 Å². The lowest BCUT2D eigenvalue weighted by Crippen LogP contribution is -2.88. The summed E-state index contributed by atoms with van der Waals surface area (Å²) in [7, 11) is 1.68. The number of hydrogen-bond donors (Lipinski definition) is 1. The van der Waals surface area contributed by atoms with Crippen molar-refractivity contribution in [1.29, 1.82) is 0 Å². The number of nitrogens with two attached hydrogens (primary N) is 1. The van der Waals surface area contributed by atoms with Crippen LogP contribution in [-0.4, -0.2) is 26.3 Å². The average Bonchev–Trinajstić information content (AvgIpc) is 2.43. The van der Waals surface area contributed by atoms with Crippen molar-refractivity contribution in [3.05, 3.63) is 36.4 Å². The number of unbranched alkanes of at least 4 members (excludes halogenated alkanes) is 1. The first-order chi connectivity index (χ1) is 9.67. The number of methoxy groups -OCH3 is 1.